The number of aryl methyl sites for hydroxylation is 1. The zero-order chi connectivity index (χ0) is 24.1. The number of anilines is 6. The molecular weight excluding hydrogens is 476 g/mol. The van der Waals surface area contributed by atoms with E-state index in [0.717, 1.165) is 11.3 Å². The van der Waals surface area contributed by atoms with Crippen LogP contribution >= 0.6 is 11.3 Å². The predicted octanol–water partition coefficient (Wildman–Crippen LogP) is 3.88. The van der Waals surface area contributed by atoms with Crippen LogP contribution in [0.3, 0.4) is 0 Å². The van der Waals surface area contributed by atoms with E-state index in [4.69, 9.17) is 0 Å². The fourth-order valence-corrected chi connectivity index (χ4v) is 4.97. The average Bonchev–Trinajstić information content (AvgIpc) is 3.24. The smallest absolute Gasteiger partial charge is 0.273 e. The van der Waals surface area contributed by atoms with E-state index in [1.165, 1.54) is 13.1 Å². The van der Waals surface area contributed by atoms with Crippen molar-refractivity contribution in [2.75, 3.05) is 20.7 Å². The van der Waals surface area contributed by atoms with Gasteiger partial charge in [0.25, 0.3) is 10.0 Å². The average molecular weight is 497 g/mol. The van der Waals surface area contributed by atoms with E-state index in [1.807, 2.05) is 18.2 Å². The molecule has 1 amide bonds. The molecule has 0 aliphatic rings. The quantitative estimate of drug-likeness (QED) is 0.285. The lowest BCUT2D eigenvalue weighted by Gasteiger charge is -2.11. The van der Waals surface area contributed by atoms with Crippen LogP contribution in [0.15, 0.2) is 65.1 Å². The van der Waals surface area contributed by atoms with E-state index in [-0.39, 0.29) is 15.2 Å². The number of thiazole rings is 1. The first kappa shape index (κ1) is 23.1. The number of nitrogens with zero attached hydrogens (tertiary/aromatic N) is 4. The number of hydrogen-bond donors (Lipinski definition) is 4. The second kappa shape index (κ2) is 9.80. The molecule has 0 atom stereocenters. The van der Waals surface area contributed by atoms with Gasteiger partial charge in [-0.2, -0.15) is 0 Å². The van der Waals surface area contributed by atoms with Crippen LogP contribution in [0.2, 0.25) is 0 Å². The van der Waals surface area contributed by atoms with Crippen molar-refractivity contribution in [3.63, 3.8) is 0 Å². The second-order valence-corrected chi connectivity index (χ2v) is 9.94. The molecule has 4 aromatic rings. The van der Waals surface area contributed by atoms with Gasteiger partial charge < -0.3 is 16.0 Å². The number of rotatable bonds is 8. The van der Waals surface area contributed by atoms with Crippen LogP contribution in [0.5, 0.6) is 0 Å². The van der Waals surface area contributed by atoms with Crippen molar-refractivity contribution >= 4 is 61.2 Å². The summed E-state index contributed by atoms with van der Waals surface area (Å²) >= 11 is 0.865. The van der Waals surface area contributed by atoms with Gasteiger partial charge in [-0.1, -0.05) is 17.4 Å². The van der Waals surface area contributed by atoms with Crippen LogP contribution in [-0.2, 0) is 14.8 Å². The Bertz CT molecular complexity index is 1410. The van der Waals surface area contributed by atoms with Crippen molar-refractivity contribution in [1.82, 2.24) is 19.9 Å². The summed E-state index contributed by atoms with van der Waals surface area (Å²) in [7, 11) is -3.84. The third kappa shape index (κ3) is 6.02. The van der Waals surface area contributed by atoms with Crippen molar-refractivity contribution < 1.29 is 13.2 Å². The van der Waals surface area contributed by atoms with Crippen LogP contribution in [-0.4, -0.2) is 34.3 Å². The molecule has 0 bridgehead atoms. The lowest BCUT2D eigenvalue weighted by Crippen LogP contribution is -2.11. The van der Waals surface area contributed by atoms with E-state index < -0.39 is 10.0 Å². The molecule has 0 spiro atoms. The Balaban J connectivity index is 1.44. The Hall–Kier alpha value is -4.10. The molecule has 11 nitrogen and oxygen atoms in total. The second-order valence-electron chi connectivity index (χ2n) is 7.00. The van der Waals surface area contributed by atoms with Gasteiger partial charge in [0.2, 0.25) is 5.91 Å². The Morgan fingerprint density at radius 2 is 1.62 bits per heavy atom. The molecular formula is C21H20N8O3S2. The van der Waals surface area contributed by atoms with E-state index >= 15 is 0 Å². The molecule has 0 aliphatic heterocycles. The largest absolute Gasteiger partial charge is 0.340 e. The number of carbonyl (C=O) groups is 1. The number of carbonyl (C=O) groups excluding carboxylic acids is 1. The van der Waals surface area contributed by atoms with Gasteiger partial charge in [0.05, 0.1) is 6.20 Å². The Morgan fingerprint density at radius 3 is 2.29 bits per heavy atom. The third-order valence-corrected chi connectivity index (χ3v) is 6.96. The number of nitrogens with one attached hydrogen (secondary N) is 4. The summed E-state index contributed by atoms with van der Waals surface area (Å²) < 4.78 is 27.7. The highest BCUT2D eigenvalue weighted by molar-refractivity contribution is 7.94. The number of benzene rings is 1. The summed E-state index contributed by atoms with van der Waals surface area (Å²) in [6.07, 6.45) is 2.88. The molecule has 13 heteroatoms. The molecule has 34 heavy (non-hydrogen) atoms. The van der Waals surface area contributed by atoms with Gasteiger partial charge in [-0.25, -0.2) is 28.4 Å². The summed E-state index contributed by atoms with van der Waals surface area (Å²) in [4.78, 5) is 28.0. The number of sulfonamides is 1. The van der Waals surface area contributed by atoms with Gasteiger partial charge in [0, 0.05) is 30.6 Å². The van der Waals surface area contributed by atoms with Crippen molar-refractivity contribution in [3.05, 3.63) is 66.7 Å². The number of hydrogen-bond acceptors (Lipinski definition) is 10. The van der Waals surface area contributed by atoms with Crippen LogP contribution < -0.4 is 20.7 Å². The minimum absolute atomic E-state index is 0.0113. The molecule has 3 aromatic heterocycles. The molecule has 0 radical (unpaired) electrons. The van der Waals surface area contributed by atoms with E-state index in [2.05, 4.69) is 40.6 Å². The monoisotopic (exact) mass is 496 g/mol. The maximum Gasteiger partial charge on any atom is 0.273 e. The topological polar surface area (TPSA) is 151 Å². The SMILES string of the molecule is CC(=O)Nc1ncc(S(=O)(=O)Nc2ccc(Nc3cc(Nc4ccccn4)nc(C)n3)cc2)s1. The van der Waals surface area contributed by atoms with Crippen LogP contribution in [0.25, 0.3) is 0 Å². The van der Waals surface area contributed by atoms with Gasteiger partial charge in [0.15, 0.2) is 9.34 Å². The van der Waals surface area contributed by atoms with Gasteiger partial charge in [0.1, 0.15) is 23.3 Å². The highest BCUT2D eigenvalue weighted by Crippen LogP contribution is 2.26. The van der Waals surface area contributed by atoms with Crippen molar-refractivity contribution in [3.8, 4) is 0 Å². The van der Waals surface area contributed by atoms with Crippen LogP contribution in [0, 0.1) is 6.92 Å². The lowest BCUT2D eigenvalue weighted by molar-refractivity contribution is -0.114. The van der Waals surface area contributed by atoms with Crippen LogP contribution in [0.4, 0.5) is 34.0 Å². The fraction of sp³-hybridized carbons (Fsp3) is 0.0952. The Kier molecular flexibility index (Phi) is 6.65. The first-order valence-corrected chi connectivity index (χ1v) is 12.2. The zero-order valence-electron chi connectivity index (χ0n) is 18.1. The normalized spacial score (nSPS) is 11.0. The summed E-state index contributed by atoms with van der Waals surface area (Å²) in [6, 6.07) is 14.0. The molecule has 0 saturated heterocycles. The lowest BCUT2D eigenvalue weighted by atomic mass is 10.3. The predicted molar refractivity (Wildman–Crippen MR) is 131 cm³/mol. The minimum atomic E-state index is -3.84. The van der Waals surface area contributed by atoms with Crippen molar-refractivity contribution in [1.29, 1.82) is 0 Å². The molecule has 3 heterocycles. The molecule has 0 unspecified atom stereocenters. The molecule has 4 rings (SSSR count). The van der Waals surface area contributed by atoms with E-state index in [9.17, 15) is 13.2 Å². The molecule has 174 valence electrons. The van der Waals surface area contributed by atoms with E-state index in [1.54, 1.807) is 43.5 Å². The standard InChI is InChI=1S/C21H20N8O3S2/c1-13-24-18(11-19(25-13)28-17-5-3-4-10-22-17)27-15-6-8-16(9-7-15)29-34(31,32)20-12-23-21(33-20)26-14(2)30/h3-12,29H,1-2H3,(H,23,26,30)(H2,22,24,25,27,28). The van der Waals surface area contributed by atoms with Gasteiger partial charge in [-0.05, 0) is 43.3 Å². The highest BCUT2D eigenvalue weighted by atomic mass is 32.2. The minimum Gasteiger partial charge on any atom is -0.340 e. The van der Waals surface area contributed by atoms with Gasteiger partial charge >= 0.3 is 0 Å². The van der Waals surface area contributed by atoms with Crippen molar-refractivity contribution in [2.45, 2.75) is 18.1 Å². The zero-order valence-corrected chi connectivity index (χ0v) is 19.7. The Labute approximate surface area is 199 Å². The first-order chi connectivity index (χ1) is 16.3. The van der Waals surface area contributed by atoms with Crippen molar-refractivity contribution in [2.24, 2.45) is 0 Å². The summed E-state index contributed by atoms with van der Waals surface area (Å²) in [5.74, 6) is 2.05. The maximum absolute atomic E-state index is 12.6. The highest BCUT2D eigenvalue weighted by Gasteiger charge is 2.18. The molecule has 0 saturated carbocycles. The van der Waals surface area contributed by atoms with Gasteiger partial charge in [-0.3, -0.25) is 9.52 Å². The fourth-order valence-electron chi connectivity index (χ4n) is 2.83. The summed E-state index contributed by atoms with van der Waals surface area (Å²) in [6.45, 7) is 3.10. The molecule has 4 N–H and O–H groups in total. The van der Waals surface area contributed by atoms with E-state index in [0.29, 0.717) is 34.7 Å². The molecule has 0 aliphatic carbocycles. The van der Waals surface area contributed by atoms with Gasteiger partial charge in [-0.15, -0.1) is 0 Å². The van der Waals surface area contributed by atoms with Crippen LogP contribution in [0.1, 0.15) is 12.7 Å². The summed E-state index contributed by atoms with van der Waals surface area (Å²) in [5.41, 5.74) is 1.08. The summed E-state index contributed by atoms with van der Waals surface area (Å²) in [5, 5.41) is 8.98. The third-order valence-electron chi connectivity index (χ3n) is 4.20. The molecule has 0 fully saturated rings. The number of pyridine rings is 1. The number of amides is 1. The Morgan fingerprint density at radius 1 is 0.912 bits per heavy atom. The first-order valence-electron chi connectivity index (χ1n) is 9.94. The molecule has 1 aromatic carbocycles. The number of aromatic nitrogens is 4. The maximum atomic E-state index is 12.6.